The molecule has 2 aliphatic rings. The van der Waals surface area contributed by atoms with E-state index >= 15 is 0 Å². The van der Waals surface area contributed by atoms with Crippen LogP contribution in [-0.2, 0) is 22.4 Å². The topological polar surface area (TPSA) is 82.9 Å². The SMILES string of the molecule is CC1C(Cc2ccccc2)=NN=C(C(=O)NC2CCc3cc(Cl)ccc3NC2=O)C1C. The van der Waals surface area contributed by atoms with Crippen molar-refractivity contribution in [1.29, 1.82) is 0 Å². The number of benzene rings is 2. The van der Waals surface area contributed by atoms with Crippen molar-refractivity contribution in [2.24, 2.45) is 22.0 Å². The molecule has 0 bridgehead atoms. The monoisotopic (exact) mass is 436 g/mol. The van der Waals surface area contributed by atoms with Crippen molar-refractivity contribution < 1.29 is 9.59 Å². The van der Waals surface area contributed by atoms with Gasteiger partial charge in [-0.05, 0) is 42.2 Å². The molecule has 7 heteroatoms. The van der Waals surface area contributed by atoms with Gasteiger partial charge in [-0.25, -0.2) is 0 Å². The minimum absolute atomic E-state index is 0.0767. The van der Waals surface area contributed by atoms with E-state index in [4.69, 9.17) is 11.6 Å². The Balaban J connectivity index is 1.46. The highest BCUT2D eigenvalue weighted by Gasteiger charge is 2.33. The number of carbonyl (C=O) groups excluding carboxylic acids is 2. The zero-order chi connectivity index (χ0) is 22.0. The van der Waals surface area contributed by atoms with Crippen LogP contribution in [0.1, 0.15) is 31.4 Å². The van der Waals surface area contributed by atoms with Gasteiger partial charge < -0.3 is 10.6 Å². The van der Waals surface area contributed by atoms with E-state index < -0.39 is 6.04 Å². The quantitative estimate of drug-likeness (QED) is 0.758. The lowest BCUT2D eigenvalue weighted by atomic mass is 9.84. The van der Waals surface area contributed by atoms with Crippen molar-refractivity contribution in [3.8, 4) is 0 Å². The lowest BCUT2D eigenvalue weighted by Crippen LogP contribution is -2.48. The molecular formula is C24H25ClN4O2. The minimum atomic E-state index is -0.640. The minimum Gasteiger partial charge on any atom is -0.339 e. The molecule has 0 aliphatic carbocycles. The summed E-state index contributed by atoms with van der Waals surface area (Å²) in [5, 5.41) is 15.0. The summed E-state index contributed by atoms with van der Waals surface area (Å²) in [6.07, 6.45) is 1.83. The number of hydrogen-bond acceptors (Lipinski definition) is 4. The third kappa shape index (κ3) is 4.69. The maximum absolute atomic E-state index is 13.0. The Labute approximate surface area is 186 Å². The second kappa shape index (κ2) is 9.02. The summed E-state index contributed by atoms with van der Waals surface area (Å²) in [5.74, 6) is -0.598. The van der Waals surface area contributed by atoms with Crippen LogP contribution in [0, 0.1) is 11.8 Å². The van der Waals surface area contributed by atoms with Gasteiger partial charge in [-0.2, -0.15) is 5.10 Å². The largest absolute Gasteiger partial charge is 0.339 e. The first-order valence-corrected chi connectivity index (χ1v) is 10.9. The summed E-state index contributed by atoms with van der Waals surface area (Å²) in [6, 6.07) is 14.8. The van der Waals surface area contributed by atoms with Crippen LogP contribution in [0.5, 0.6) is 0 Å². The van der Waals surface area contributed by atoms with Gasteiger partial charge in [0.05, 0.1) is 0 Å². The van der Waals surface area contributed by atoms with Crippen LogP contribution >= 0.6 is 11.6 Å². The Morgan fingerprint density at radius 2 is 1.90 bits per heavy atom. The van der Waals surface area contributed by atoms with Crippen LogP contribution in [0.3, 0.4) is 0 Å². The van der Waals surface area contributed by atoms with Crippen LogP contribution in [0.25, 0.3) is 0 Å². The molecule has 0 fully saturated rings. The molecule has 2 aromatic rings. The van der Waals surface area contributed by atoms with E-state index in [0.717, 1.165) is 22.5 Å². The van der Waals surface area contributed by atoms with Crippen molar-refractivity contribution in [2.45, 2.75) is 39.2 Å². The second-order valence-corrected chi connectivity index (χ2v) is 8.61. The van der Waals surface area contributed by atoms with E-state index in [1.165, 1.54) is 0 Å². The average molecular weight is 437 g/mol. The highest BCUT2D eigenvalue weighted by molar-refractivity contribution is 6.40. The number of nitrogens with zero attached hydrogens (tertiary/aromatic N) is 2. The number of aryl methyl sites for hydroxylation is 1. The molecular weight excluding hydrogens is 412 g/mol. The average Bonchev–Trinajstić information content (AvgIpc) is 2.91. The molecule has 0 spiro atoms. The standard InChI is InChI=1S/C24H25ClN4O2/c1-14-15(2)22(29-28-21(14)12-16-6-4-3-5-7-16)24(31)27-20-10-8-17-13-18(25)9-11-19(17)26-23(20)30/h3-7,9,11,13-15,20H,8,10,12H2,1-2H3,(H,26,30)(H,27,31). The van der Waals surface area contributed by atoms with Crippen molar-refractivity contribution in [1.82, 2.24) is 5.32 Å². The molecule has 2 aromatic carbocycles. The van der Waals surface area contributed by atoms with Gasteiger partial charge >= 0.3 is 0 Å². The van der Waals surface area contributed by atoms with Crippen molar-refractivity contribution in [3.63, 3.8) is 0 Å². The van der Waals surface area contributed by atoms with E-state index in [9.17, 15) is 9.59 Å². The predicted molar refractivity (Wildman–Crippen MR) is 124 cm³/mol. The Morgan fingerprint density at radius 3 is 2.68 bits per heavy atom. The first-order valence-electron chi connectivity index (χ1n) is 10.5. The number of anilines is 1. The summed E-state index contributed by atoms with van der Waals surface area (Å²) in [6.45, 7) is 4.04. The number of carbonyl (C=O) groups is 2. The molecule has 0 saturated heterocycles. The van der Waals surface area contributed by atoms with Gasteiger partial charge in [0.15, 0.2) is 0 Å². The summed E-state index contributed by atoms with van der Waals surface area (Å²) in [5.41, 5.74) is 4.18. The van der Waals surface area contributed by atoms with Gasteiger partial charge in [-0.15, -0.1) is 5.10 Å². The van der Waals surface area contributed by atoms with Gasteiger partial charge in [0.25, 0.3) is 5.91 Å². The van der Waals surface area contributed by atoms with Crippen LogP contribution in [0.2, 0.25) is 5.02 Å². The van der Waals surface area contributed by atoms with Gasteiger partial charge in [0.2, 0.25) is 5.91 Å². The Hall–Kier alpha value is -2.99. The Kier molecular flexibility index (Phi) is 6.18. The molecule has 2 aliphatic heterocycles. The molecule has 0 radical (unpaired) electrons. The molecule has 160 valence electrons. The third-order valence-corrected chi connectivity index (χ3v) is 6.34. The lowest BCUT2D eigenvalue weighted by Gasteiger charge is -2.26. The molecule has 3 unspecified atom stereocenters. The summed E-state index contributed by atoms with van der Waals surface area (Å²) in [7, 11) is 0. The van der Waals surface area contributed by atoms with E-state index in [0.29, 0.717) is 30.0 Å². The van der Waals surface area contributed by atoms with Crippen molar-refractivity contribution in [3.05, 3.63) is 64.7 Å². The van der Waals surface area contributed by atoms with E-state index in [1.807, 2.05) is 31.2 Å². The molecule has 0 saturated carbocycles. The molecule has 3 atom stereocenters. The molecule has 2 N–H and O–H groups in total. The molecule has 2 amide bonds. The van der Waals surface area contributed by atoms with Crippen LogP contribution in [0.4, 0.5) is 5.69 Å². The second-order valence-electron chi connectivity index (χ2n) is 8.17. The number of nitrogens with one attached hydrogen (secondary N) is 2. The first kappa shape index (κ1) is 21.2. The highest BCUT2D eigenvalue weighted by Crippen LogP contribution is 2.26. The van der Waals surface area contributed by atoms with E-state index in [2.05, 4.69) is 39.9 Å². The van der Waals surface area contributed by atoms with Crippen LogP contribution in [0.15, 0.2) is 58.7 Å². The first-order chi connectivity index (χ1) is 14.9. The fourth-order valence-electron chi connectivity index (χ4n) is 3.99. The van der Waals surface area contributed by atoms with E-state index in [1.54, 1.807) is 12.1 Å². The van der Waals surface area contributed by atoms with Crippen LogP contribution in [-0.4, -0.2) is 29.3 Å². The van der Waals surface area contributed by atoms with Crippen molar-refractivity contribution >= 4 is 40.5 Å². The predicted octanol–water partition coefficient (Wildman–Crippen LogP) is 4.04. The molecule has 4 rings (SSSR count). The molecule has 6 nitrogen and oxygen atoms in total. The third-order valence-electron chi connectivity index (χ3n) is 6.10. The highest BCUT2D eigenvalue weighted by atomic mass is 35.5. The van der Waals surface area contributed by atoms with E-state index in [-0.39, 0.29) is 23.7 Å². The van der Waals surface area contributed by atoms with Crippen molar-refractivity contribution in [2.75, 3.05) is 5.32 Å². The summed E-state index contributed by atoms with van der Waals surface area (Å²) < 4.78 is 0. The smallest absolute Gasteiger partial charge is 0.268 e. The normalized spacial score (nSPS) is 23.1. The zero-order valence-corrected chi connectivity index (χ0v) is 18.3. The fourth-order valence-corrected chi connectivity index (χ4v) is 4.19. The number of halogens is 1. The van der Waals surface area contributed by atoms with Gasteiger partial charge in [0, 0.05) is 34.7 Å². The maximum atomic E-state index is 13.0. The molecule has 0 aromatic heterocycles. The summed E-state index contributed by atoms with van der Waals surface area (Å²) in [4.78, 5) is 25.6. The Morgan fingerprint density at radius 1 is 1.13 bits per heavy atom. The van der Waals surface area contributed by atoms with Gasteiger partial charge in [-0.3, -0.25) is 9.59 Å². The summed E-state index contributed by atoms with van der Waals surface area (Å²) >= 11 is 6.07. The number of amides is 2. The Bertz CT molecular complexity index is 1060. The number of hydrogen-bond donors (Lipinski definition) is 2. The molecule has 31 heavy (non-hydrogen) atoms. The van der Waals surface area contributed by atoms with Gasteiger partial charge in [0.1, 0.15) is 11.8 Å². The number of fused-ring (bicyclic) bond motifs is 1. The zero-order valence-electron chi connectivity index (χ0n) is 17.6. The van der Waals surface area contributed by atoms with Gasteiger partial charge in [-0.1, -0.05) is 55.8 Å². The number of rotatable bonds is 4. The van der Waals surface area contributed by atoms with Crippen LogP contribution < -0.4 is 10.6 Å². The lowest BCUT2D eigenvalue weighted by molar-refractivity contribution is -0.123. The fraction of sp³-hybridized carbons (Fsp3) is 0.333. The molecule has 2 heterocycles. The maximum Gasteiger partial charge on any atom is 0.268 e.